The Bertz CT molecular complexity index is 643. The Balaban J connectivity index is 1.41. The molecule has 2 unspecified atom stereocenters. The van der Waals surface area contributed by atoms with Gasteiger partial charge in [-0.2, -0.15) is 0 Å². The molecule has 134 valence electrons. The van der Waals surface area contributed by atoms with Gasteiger partial charge in [-0.25, -0.2) is 0 Å². The maximum atomic E-state index is 6.06. The van der Waals surface area contributed by atoms with Crippen LogP contribution in [0.2, 0.25) is 0 Å². The van der Waals surface area contributed by atoms with Crippen LogP contribution in [0.5, 0.6) is 0 Å². The molecule has 0 spiro atoms. The number of hydrogen-bond acceptors (Lipinski definition) is 3. The molecular formula is C20H22I2O3. The van der Waals surface area contributed by atoms with Crippen molar-refractivity contribution in [1.82, 2.24) is 0 Å². The maximum absolute atomic E-state index is 6.06. The van der Waals surface area contributed by atoms with Gasteiger partial charge in [0.25, 0.3) is 0 Å². The molecule has 2 aromatic carbocycles. The normalized spacial score (nSPS) is 20.6. The number of ether oxygens (including phenoxy) is 3. The van der Waals surface area contributed by atoms with Crippen molar-refractivity contribution in [2.24, 2.45) is 0 Å². The number of benzene rings is 2. The fourth-order valence-electron chi connectivity index (χ4n) is 2.87. The van der Waals surface area contributed by atoms with E-state index in [1.165, 1.54) is 18.3 Å². The minimum absolute atomic E-state index is 0.124. The van der Waals surface area contributed by atoms with Crippen molar-refractivity contribution in [3.8, 4) is 0 Å². The van der Waals surface area contributed by atoms with Crippen LogP contribution in [-0.4, -0.2) is 19.0 Å². The molecule has 0 saturated carbocycles. The first-order valence-electron chi connectivity index (χ1n) is 8.53. The third-order valence-electron chi connectivity index (χ3n) is 4.08. The SMILES string of the molecule is Ic1cc(I)cc(COC2CCCC(COCc3ccccc3)O2)c1. The van der Waals surface area contributed by atoms with Crippen LogP contribution in [0.15, 0.2) is 48.5 Å². The van der Waals surface area contributed by atoms with Crippen LogP contribution in [0.1, 0.15) is 30.4 Å². The summed E-state index contributed by atoms with van der Waals surface area (Å²) in [4.78, 5) is 0. The van der Waals surface area contributed by atoms with Crippen molar-refractivity contribution in [3.63, 3.8) is 0 Å². The standard InChI is InChI=1S/C20H22I2O3/c21-17-9-16(10-18(22)11-17)13-24-20-8-4-7-19(25-20)14-23-12-15-5-2-1-3-6-15/h1-3,5-6,9-11,19-20H,4,7-8,12-14H2. The zero-order chi connectivity index (χ0) is 17.5. The second kappa shape index (κ2) is 10.2. The molecule has 1 aliphatic rings. The minimum atomic E-state index is -0.130. The summed E-state index contributed by atoms with van der Waals surface area (Å²) in [5, 5.41) is 0. The topological polar surface area (TPSA) is 27.7 Å². The van der Waals surface area contributed by atoms with Crippen LogP contribution in [0.4, 0.5) is 0 Å². The Hall–Kier alpha value is -0.220. The van der Waals surface area contributed by atoms with E-state index in [1.54, 1.807) is 0 Å². The molecular weight excluding hydrogens is 542 g/mol. The molecule has 3 rings (SSSR count). The van der Waals surface area contributed by atoms with E-state index < -0.39 is 0 Å². The first-order valence-corrected chi connectivity index (χ1v) is 10.7. The fraction of sp³-hybridized carbons (Fsp3) is 0.400. The lowest BCUT2D eigenvalue weighted by molar-refractivity contribution is -0.210. The monoisotopic (exact) mass is 564 g/mol. The first kappa shape index (κ1) is 19.5. The maximum Gasteiger partial charge on any atom is 0.158 e. The molecule has 0 bridgehead atoms. The second-order valence-corrected chi connectivity index (χ2v) is 8.70. The fourth-order valence-corrected chi connectivity index (χ4v) is 4.94. The average Bonchev–Trinajstić information content (AvgIpc) is 2.61. The molecule has 1 fully saturated rings. The van der Waals surface area contributed by atoms with Gasteiger partial charge in [0.15, 0.2) is 6.29 Å². The minimum Gasteiger partial charge on any atom is -0.374 e. The Morgan fingerprint density at radius 1 is 0.920 bits per heavy atom. The van der Waals surface area contributed by atoms with Gasteiger partial charge in [0.2, 0.25) is 0 Å². The van der Waals surface area contributed by atoms with Crippen molar-refractivity contribution in [2.75, 3.05) is 6.61 Å². The predicted molar refractivity (Wildman–Crippen MR) is 115 cm³/mol. The van der Waals surface area contributed by atoms with Gasteiger partial charge in [0.1, 0.15) is 0 Å². The van der Waals surface area contributed by atoms with Gasteiger partial charge in [-0.3, -0.25) is 0 Å². The van der Waals surface area contributed by atoms with E-state index in [4.69, 9.17) is 14.2 Å². The van der Waals surface area contributed by atoms with Gasteiger partial charge >= 0.3 is 0 Å². The van der Waals surface area contributed by atoms with Gasteiger partial charge in [-0.1, -0.05) is 30.3 Å². The summed E-state index contributed by atoms with van der Waals surface area (Å²) in [5.74, 6) is 0. The van der Waals surface area contributed by atoms with Crippen molar-refractivity contribution < 1.29 is 14.2 Å². The summed E-state index contributed by atoms with van der Waals surface area (Å²) in [6.45, 7) is 1.85. The zero-order valence-corrected chi connectivity index (χ0v) is 18.3. The molecule has 1 aliphatic heterocycles. The molecule has 3 nitrogen and oxygen atoms in total. The summed E-state index contributed by atoms with van der Waals surface area (Å²) in [6, 6.07) is 16.7. The lowest BCUT2D eigenvalue weighted by Crippen LogP contribution is -2.32. The lowest BCUT2D eigenvalue weighted by atomic mass is 10.1. The van der Waals surface area contributed by atoms with Crippen molar-refractivity contribution >= 4 is 45.2 Å². The molecule has 0 aliphatic carbocycles. The third kappa shape index (κ3) is 6.78. The average molecular weight is 564 g/mol. The number of halogens is 2. The molecule has 2 aromatic rings. The molecule has 0 radical (unpaired) electrons. The Morgan fingerprint density at radius 2 is 1.68 bits per heavy atom. The summed E-state index contributed by atoms with van der Waals surface area (Å²) >= 11 is 4.68. The molecule has 2 atom stereocenters. The molecule has 1 heterocycles. The van der Waals surface area contributed by atoms with E-state index in [2.05, 4.69) is 75.5 Å². The van der Waals surface area contributed by atoms with Crippen molar-refractivity contribution in [3.05, 3.63) is 66.8 Å². The van der Waals surface area contributed by atoms with Crippen LogP contribution < -0.4 is 0 Å². The zero-order valence-electron chi connectivity index (χ0n) is 14.0. The highest BCUT2D eigenvalue weighted by Gasteiger charge is 2.23. The van der Waals surface area contributed by atoms with E-state index in [9.17, 15) is 0 Å². The van der Waals surface area contributed by atoms with Crippen LogP contribution in [-0.2, 0) is 27.4 Å². The highest BCUT2D eigenvalue weighted by atomic mass is 127. The Kier molecular flexibility index (Phi) is 7.97. The smallest absolute Gasteiger partial charge is 0.158 e. The highest BCUT2D eigenvalue weighted by Crippen LogP contribution is 2.22. The molecule has 0 aromatic heterocycles. The number of hydrogen-bond donors (Lipinski definition) is 0. The molecule has 0 amide bonds. The summed E-state index contributed by atoms with van der Waals surface area (Å²) in [6.07, 6.45) is 3.10. The van der Waals surface area contributed by atoms with E-state index >= 15 is 0 Å². The van der Waals surface area contributed by atoms with E-state index in [0.29, 0.717) is 19.8 Å². The molecule has 5 heteroatoms. The van der Waals surface area contributed by atoms with E-state index in [0.717, 1.165) is 19.3 Å². The van der Waals surface area contributed by atoms with Gasteiger partial charge in [-0.15, -0.1) is 0 Å². The quantitative estimate of drug-likeness (QED) is 0.415. The molecule has 1 saturated heterocycles. The first-order chi connectivity index (χ1) is 12.2. The van der Waals surface area contributed by atoms with Crippen LogP contribution in [0.3, 0.4) is 0 Å². The largest absolute Gasteiger partial charge is 0.374 e. The molecule has 0 N–H and O–H groups in total. The van der Waals surface area contributed by atoms with Gasteiger partial charge in [0.05, 0.1) is 25.9 Å². The van der Waals surface area contributed by atoms with Gasteiger partial charge in [0, 0.05) is 7.14 Å². The van der Waals surface area contributed by atoms with Crippen LogP contribution in [0, 0.1) is 7.14 Å². The Morgan fingerprint density at radius 3 is 2.44 bits per heavy atom. The second-order valence-electron chi connectivity index (χ2n) is 6.21. The van der Waals surface area contributed by atoms with Crippen molar-refractivity contribution in [1.29, 1.82) is 0 Å². The lowest BCUT2D eigenvalue weighted by Gasteiger charge is -2.30. The van der Waals surface area contributed by atoms with E-state index in [-0.39, 0.29) is 12.4 Å². The summed E-state index contributed by atoms with van der Waals surface area (Å²) in [7, 11) is 0. The predicted octanol–water partition coefficient (Wildman–Crippen LogP) is 5.52. The van der Waals surface area contributed by atoms with Gasteiger partial charge < -0.3 is 14.2 Å². The Labute approximate surface area is 176 Å². The van der Waals surface area contributed by atoms with Crippen LogP contribution in [0.25, 0.3) is 0 Å². The summed E-state index contributed by atoms with van der Waals surface area (Å²) < 4.78 is 20.3. The summed E-state index contributed by atoms with van der Waals surface area (Å²) in [5.41, 5.74) is 2.39. The van der Waals surface area contributed by atoms with Crippen molar-refractivity contribution in [2.45, 2.75) is 44.9 Å². The molecule has 25 heavy (non-hydrogen) atoms. The third-order valence-corrected chi connectivity index (χ3v) is 5.33. The van der Waals surface area contributed by atoms with E-state index in [1.807, 2.05) is 18.2 Å². The van der Waals surface area contributed by atoms with Gasteiger partial charge in [-0.05, 0) is 93.8 Å². The number of rotatable bonds is 7. The van der Waals surface area contributed by atoms with Crippen LogP contribution >= 0.6 is 45.2 Å². The highest BCUT2D eigenvalue weighted by molar-refractivity contribution is 14.1.